The van der Waals surface area contributed by atoms with Crippen molar-refractivity contribution in [2.45, 2.75) is 30.4 Å². The Morgan fingerprint density at radius 3 is 2.79 bits per heavy atom. The van der Waals surface area contributed by atoms with Gasteiger partial charge in [-0.2, -0.15) is 11.8 Å². The van der Waals surface area contributed by atoms with Crippen molar-refractivity contribution in [1.82, 2.24) is 5.32 Å². The van der Waals surface area contributed by atoms with Gasteiger partial charge in [-0.1, -0.05) is 24.4 Å². The van der Waals surface area contributed by atoms with E-state index in [1.54, 1.807) is 0 Å². The fourth-order valence-corrected chi connectivity index (χ4v) is 3.61. The molecule has 1 aliphatic carbocycles. The first-order chi connectivity index (χ1) is 9.06. The van der Waals surface area contributed by atoms with Crippen LogP contribution in [-0.2, 0) is 0 Å². The Balaban J connectivity index is 2.03. The first-order valence-corrected chi connectivity index (χ1v) is 7.98. The quantitative estimate of drug-likeness (QED) is 0.895. The minimum Gasteiger partial charge on any atom is -0.508 e. The Morgan fingerprint density at radius 1 is 1.47 bits per heavy atom. The maximum atomic E-state index is 12.1. The number of amides is 1. The van der Waals surface area contributed by atoms with Crippen LogP contribution in [0.5, 0.6) is 5.75 Å². The summed E-state index contributed by atoms with van der Waals surface area (Å²) < 4.78 is 0.166. The van der Waals surface area contributed by atoms with Gasteiger partial charge in [0, 0.05) is 11.3 Å². The number of nitrogens with one attached hydrogen (secondary N) is 1. The molecule has 1 amide bonds. The maximum absolute atomic E-state index is 12.1. The number of halogens is 1. The van der Waals surface area contributed by atoms with Crippen LogP contribution in [0.2, 0.25) is 5.02 Å². The van der Waals surface area contributed by atoms with Gasteiger partial charge in [-0.15, -0.1) is 0 Å². The van der Waals surface area contributed by atoms with E-state index in [1.165, 1.54) is 31.0 Å². The standard InChI is InChI=1S/C14H18ClNO2S/c1-19-14(6-2-3-7-14)9-16-13(18)11-8-10(17)4-5-12(11)15/h4-5,8,17H,2-3,6-7,9H2,1H3,(H,16,18). The largest absolute Gasteiger partial charge is 0.508 e. The highest BCUT2D eigenvalue weighted by Crippen LogP contribution is 2.39. The van der Waals surface area contributed by atoms with Gasteiger partial charge in [-0.3, -0.25) is 4.79 Å². The summed E-state index contributed by atoms with van der Waals surface area (Å²) in [6.07, 6.45) is 6.83. The number of benzene rings is 1. The lowest BCUT2D eigenvalue weighted by Crippen LogP contribution is -2.38. The minimum absolute atomic E-state index is 0.0509. The number of phenols is 1. The minimum atomic E-state index is -0.221. The molecular formula is C14H18ClNO2S. The van der Waals surface area contributed by atoms with Crippen molar-refractivity contribution in [3.8, 4) is 5.75 Å². The average Bonchev–Trinajstić information content (AvgIpc) is 2.88. The van der Waals surface area contributed by atoms with Crippen molar-refractivity contribution in [2.24, 2.45) is 0 Å². The number of carbonyl (C=O) groups excluding carboxylic acids is 1. The van der Waals surface area contributed by atoms with Gasteiger partial charge in [0.15, 0.2) is 0 Å². The lowest BCUT2D eigenvalue weighted by atomic mass is 10.1. The number of rotatable bonds is 4. The molecule has 0 aliphatic heterocycles. The molecule has 0 saturated heterocycles. The zero-order valence-electron chi connectivity index (χ0n) is 10.9. The molecule has 104 valence electrons. The van der Waals surface area contributed by atoms with E-state index in [4.69, 9.17) is 11.6 Å². The molecule has 0 spiro atoms. The predicted octanol–water partition coefficient (Wildman–Crippen LogP) is 3.45. The fourth-order valence-electron chi connectivity index (χ4n) is 2.50. The molecule has 5 heteroatoms. The molecule has 2 rings (SSSR count). The van der Waals surface area contributed by atoms with E-state index in [-0.39, 0.29) is 16.4 Å². The molecular weight excluding hydrogens is 282 g/mol. The molecule has 1 aromatic rings. The molecule has 2 N–H and O–H groups in total. The van der Waals surface area contributed by atoms with Crippen LogP contribution >= 0.6 is 23.4 Å². The summed E-state index contributed by atoms with van der Waals surface area (Å²) in [5, 5.41) is 12.7. The predicted molar refractivity (Wildman–Crippen MR) is 80.2 cm³/mol. The molecule has 1 saturated carbocycles. The zero-order chi connectivity index (χ0) is 13.9. The Kier molecular flexibility index (Phi) is 4.63. The van der Waals surface area contributed by atoms with Crippen LogP contribution < -0.4 is 5.32 Å². The van der Waals surface area contributed by atoms with E-state index in [1.807, 2.05) is 11.8 Å². The highest BCUT2D eigenvalue weighted by molar-refractivity contribution is 8.00. The van der Waals surface area contributed by atoms with Gasteiger partial charge in [-0.25, -0.2) is 0 Å². The van der Waals surface area contributed by atoms with Crippen molar-refractivity contribution in [2.75, 3.05) is 12.8 Å². The smallest absolute Gasteiger partial charge is 0.252 e. The van der Waals surface area contributed by atoms with Crippen LogP contribution in [-0.4, -0.2) is 28.6 Å². The van der Waals surface area contributed by atoms with Gasteiger partial charge < -0.3 is 10.4 Å². The SMILES string of the molecule is CSC1(CNC(=O)c2cc(O)ccc2Cl)CCCC1. The second-order valence-electron chi connectivity index (χ2n) is 4.94. The van der Waals surface area contributed by atoms with Crippen LogP contribution in [0.3, 0.4) is 0 Å². The number of hydrogen-bond acceptors (Lipinski definition) is 3. The Hall–Kier alpha value is -0.870. The summed E-state index contributed by atoms with van der Waals surface area (Å²) in [5.41, 5.74) is 0.330. The van der Waals surface area contributed by atoms with Crippen LogP contribution in [0.15, 0.2) is 18.2 Å². The lowest BCUT2D eigenvalue weighted by molar-refractivity contribution is 0.0949. The van der Waals surface area contributed by atoms with Crippen LogP contribution in [0, 0.1) is 0 Å². The number of phenolic OH excluding ortho intramolecular Hbond substituents is 1. The summed E-state index contributed by atoms with van der Waals surface area (Å²) in [7, 11) is 0. The third-order valence-corrected chi connectivity index (χ3v) is 5.46. The van der Waals surface area contributed by atoms with E-state index >= 15 is 0 Å². The number of aromatic hydroxyl groups is 1. The normalized spacial score (nSPS) is 17.4. The van der Waals surface area contributed by atoms with Gasteiger partial charge in [0.25, 0.3) is 5.91 Å². The van der Waals surface area contributed by atoms with Crippen molar-refractivity contribution >= 4 is 29.3 Å². The topological polar surface area (TPSA) is 49.3 Å². The van der Waals surface area contributed by atoms with E-state index in [0.29, 0.717) is 17.1 Å². The van der Waals surface area contributed by atoms with Crippen LogP contribution in [0.4, 0.5) is 0 Å². The Labute approximate surface area is 122 Å². The number of thioether (sulfide) groups is 1. The fraction of sp³-hybridized carbons (Fsp3) is 0.500. The third kappa shape index (κ3) is 3.37. The second-order valence-corrected chi connectivity index (χ2v) is 6.62. The van der Waals surface area contributed by atoms with Gasteiger partial charge >= 0.3 is 0 Å². The number of hydrogen-bond donors (Lipinski definition) is 2. The molecule has 1 aliphatic rings. The first-order valence-electron chi connectivity index (χ1n) is 6.38. The first kappa shape index (κ1) is 14.5. The average molecular weight is 300 g/mol. The molecule has 3 nitrogen and oxygen atoms in total. The third-order valence-electron chi connectivity index (χ3n) is 3.71. The zero-order valence-corrected chi connectivity index (χ0v) is 12.5. The summed E-state index contributed by atoms with van der Waals surface area (Å²) in [6, 6.07) is 4.41. The summed E-state index contributed by atoms with van der Waals surface area (Å²) in [4.78, 5) is 12.1. The summed E-state index contributed by atoms with van der Waals surface area (Å²) in [6.45, 7) is 0.652. The Bertz CT molecular complexity index is 473. The van der Waals surface area contributed by atoms with Gasteiger partial charge in [0.1, 0.15) is 5.75 Å². The molecule has 0 atom stereocenters. The molecule has 0 aromatic heterocycles. The van der Waals surface area contributed by atoms with E-state index in [2.05, 4.69) is 11.6 Å². The molecule has 0 heterocycles. The van der Waals surface area contributed by atoms with Crippen molar-refractivity contribution in [3.05, 3.63) is 28.8 Å². The van der Waals surface area contributed by atoms with E-state index < -0.39 is 0 Å². The van der Waals surface area contributed by atoms with Crippen molar-refractivity contribution < 1.29 is 9.90 Å². The highest BCUT2D eigenvalue weighted by Gasteiger charge is 2.33. The van der Waals surface area contributed by atoms with Gasteiger partial charge in [0.05, 0.1) is 10.6 Å². The number of carbonyl (C=O) groups is 1. The van der Waals surface area contributed by atoms with E-state index in [0.717, 1.165) is 12.8 Å². The van der Waals surface area contributed by atoms with E-state index in [9.17, 15) is 9.90 Å². The van der Waals surface area contributed by atoms with Gasteiger partial charge in [0.2, 0.25) is 0 Å². The van der Waals surface area contributed by atoms with Crippen molar-refractivity contribution in [1.29, 1.82) is 0 Å². The molecule has 0 unspecified atom stereocenters. The lowest BCUT2D eigenvalue weighted by Gasteiger charge is -2.27. The molecule has 19 heavy (non-hydrogen) atoms. The summed E-state index contributed by atoms with van der Waals surface area (Å²) >= 11 is 7.81. The molecule has 0 radical (unpaired) electrons. The van der Waals surface area contributed by atoms with Crippen LogP contribution in [0.25, 0.3) is 0 Å². The van der Waals surface area contributed by atoms with Gasteiger partial charge in [-0.05, 0) is 37.3 Å². The maximum Gasteiger partial charge on any atom is 0.252 e. The monoisotopic (exact) mass is 299 g/mol. The van der Waals surface area contributed by atoms with Crippen molar-refractivity contribution in [3.63, 3.8) is 0 Å². The second kappa shape index (κ2) is 6.06. The Morgan fingerprint density at radius 2 is 2.16 bits per heavy atom. The highest BCUT2D eigenvalue weighted by atomic mass is 35.5. The van der Waals surface area contributed by atoms with Crippen LogP contribution in [0.1, 0.15) is 36.0 Å². The molecule has 1 fully saturated rings. The molecule has 0 bridgehead atoms. The summed E-state index contributed by atoms with van der Waals surface area (Å²) in [5.74, 6) is -0.170. The molecule has 1 aromatic carbocycles.